The number of aromatic nitrogens is 1. The molecule has 1 aromatic heterocycles. The maximum absolute atomic E-state index is 14.0. The van der Waals surface area contributed by atoms with Crippen LogP contribution < -0.4 is 4.74 Å². The maximum Gasteiger partial charge on any atom is 0.337 e. The van der Waals surface area contributed by atoms with Crippen LogP contribution in [0, 0.1) is 0 Å². The molecule has 1 saturated heterocycles. The molecule has 2 aliphatic heterocycles. The van der Waals surface area contributed by atoms with Crippen LogP contribution in [-0.4, -0.2) is 59.4 Å². The minimum absolute atomic E-state index is 0.0281. The average Bonchev–Trinajstić information content (AvgIpc) is 3.33. The molecule has 8 heteroatoms. The van der Waals surface area contributed by atoms with Gasteiger partial charge in [0.25, 0.3) is 0 Å². The second-order valence-electron chi connectivity index (χ2n) is 9.61. The van der Waals surface area contributed by atoms with Crippen molar-refractivity contribution in [2.24, 2.45) is 0 Å². The van der Waals surface area contributed by atoms with Crippen LogP contribution in [0.3, 0.4) is 0 Å². The van der Waals surface area contributed by atoms with E-state index in [9.17, 15) is 14.4 Å². The zero-order valence-electron chi connectivity index (χ0n) is 21.1. The van der Waals surface area contributed by atoms with E-state index in [-0.39, 0.29) is 24.9 Å². The Morgan fingerprint density at radius 3 is 2.47 bits per heavy atom. The van der Waals surface area contributed by atoms with Crippen molar-refractivity contribution in [3.05, 3.63) is 101 Å². The molecular formula is C30H27N3O5. The van der Waals surface area contributed by atoms with Gasteiger partial charge in [-0.3, -0.25) is 9.59 Å². The molecule has 0 spiro atoms. The van der Waals surface area contributed by atoms with Gasteiger partial charge in [0.15, 0.2) is 0 Å². The fraction of sp³-hybridized carbons (Fsp3) is 0.233. The Bertz CT molecular complexity index is 1560. The van der Waals surface area contributed by atoms with Crippen molar-refractivity contribution in [1.82, 2.24) is 14.8 Å². The molecule has 8 nitrogen and oxygen atoms in total. The minimum atomic E-state index is -0.650. The number of fused-ring (bicyclic) bond motifs is 4. The van der Waals surface area contributed by atoms with E-state index in [1.165, 1.54) is 7.11 Å². The minimum Gasteiger partial charge on any atom is -0.496 e. The molecule has 2 aliphatic rings. The fourth-order valence-corrected chi connectivity index (χ4v) is 5.76. The molecule has 2 amide bonds. The number of hydrogen-bond acceptors (Lipinski definition) is 5. The van der Waals surface area contributed by atoms with Crippen LogP contribution in [0.5, 0.6) is 5.75 Å². The van der Waals surface area contributed by atoms with Crippen molar-refractivity contribution in [3.8, 4) is 5.75 Å². The molecule has 0 unspecified atom stereocenters. The number of carbonyl (C=O) groups is 3. The fourth-order valence-electron chi connectivity index (χ4n) is 5.76. The Morgan fingerprint density at radius 2 is 1.71 bits per heavy atom. The number of nitrogens with one attached hydrogen (secondary N) is 1. The third-order valence-corrected chi connectivity index (χ3v) is 7.54. The van der Waals surface area contributed by atoms with Crippen molar-refractivity contribution in [2.75, 3.05) is 20.8 Å². The summed E-state index contributed by atoms with van der Waals surface area (Å²) in [6.45, 7) is 0.262. The smallest absolute Gasteiger partial charge is 0.337 e. The third-order valence-electron chi connectivity index (χ3n) is 7.54. The molecule has 4 aromatic rings. The van der Waals surface area contributed by atoms with Crippen molar-refractivity contribution in [3.63, 3.8) is 0 Å². The highest BCUT2D eigenvalue weighted by atomic mass is 16.5. The molecule has 3 heterocycles. The van der Waals surface area contributed by atoms with E-state index < -0.39 is 18.1 Å². The Kier molecular flexibility index (Phi) is 5.87. The van der Waals surface area contributed by atoms with Crippen LogP contribution >= 0.6 is 0 Å². The summed E-state index contributed by atoms with van der Waals surface area (Å²) in [5.41, 5.74) is 4.97. The van der Waals surface area contributed by atoms with Gasteiger partial charge in [-0.05, 0) is 35.4 Å². The number of nitrogens with zero attached hydrogens (tertiary/aromatic N) is 2. The quantitative estimate of drug-likeness (QED) is 0.413. The summed E-state index contributed by atoms with van der Waals surface area (Å²) in [5.74, 6) is 0.0281. The summed E-state index contributed by atoms with van der Waals surface area (Å²) in [4.78, 5) is 46.6. The predicted molar refractivity (Wildman–Crippen MR) is 141 cm³/mol. The highest BCUT2D eigenvalue weighted by Gasteiger charge is 2.48. The normalized spacial score (nSPS) is 18.8. The number of carbonyl (C=O) groups excluding carboxylic acids is 3. The number of esters is 1. The number of amides is 2. The second-order valence-corrected chi connectivity index (χ2v) is 9.61. The first-order valence-corrected chi connectivity index (χ1v) is 12.5. The predicted octanol–water partition coefficient (Wildman–Crippen LogP) is 3.85. The van der Waals surface area contributed by atoms with Crippen LogP contribution in [0.1, 0.15) is 38.8 Å². The Balaban J connectivity index is 1.43. The van der Waals surface area contributed by atoms with Crippen LogP contribution in [0.15, 0.2) is 72.8 Å². The largest absolute Gasteiger partial charge is 0.496 e. The third kappa shape index (κ3) is 3.80. The van der Waals surface area contributed by atoms with Crippen molar-refractivity contribution in [1.29, 1.82) is 0 Å². The molecule has 6 rings (SSSR count). The molecule has 192 valence electrons. The topological polar surface area (TPSA) is 91.9 Å². The van der Waals surface area contributed by atoms with Gasteiger partial charge in [0.1, 0.15) is 18.3 Å². The lowest BCUT2D eigenvalue weighted by molar-refractivity contribution is -0.159. The van der Waals surface area contributed by atoms with Crippen molar-refractivity contribution in [2.45, 2.75) is 25.0 Å². The number of methoxy groups -OCH3 is 2. The summed E-state index contributed by atoms with van der Waals surface area (Å²) in [5, 5.41) is 1.04. The summed E-state index contributed by atoms with van der Waals surface area (Å²) < 4.78 is 10.3. The molecule has 1 fully saturated rings. The molecule has 0 radical (unpaired) electrons. The first-order valence-electron chi connectivity index (χ1n) is 12.5. The number of ether oxygens (including phenoxy) is 2. The van der Waals surface area contributed by atoms with E-state index in [1.807, 2.05) is 60.7 Å². The molecule has 0 aliphatic carbocycles. The molecule has 3 aromatic carbocycles. The summed E-state index contributed by atoms with van der Waals surface area (Å²) in [7, 11) is 2.94. The molecule has 0 saturated carbocycles. The van der Waals surface area contributed by atoms with E-state index in [4.69, 9.17) is 9.47 Å². The first-order chi connectivity index (χ1) is 18.5. The zero-order chi connectivity index (χ0) is 26.4. The van der Waals surface area contributed by atoms with E-state index in [0.29, 0.717) is 17.7 Å². The highest BCUT2D eigenvalue weighted by Crippen LogP contribution is 2.42. The van der Waals surface area contributed by atoms with Gasteiger partial charge in [0, 0.05) is 35.1 Å². The van der Waals surface area contributed by atoms with E-state index in [1.54, 1.807) is 29.0 Å². The number of rotatable bonds is 5. The zero-order valence-corrected chi connectivity index (χ0v) is 21.1. The monoisotopic (exact) mass is 509 g/mol. The molecule has 1 N–H and O–H groups in total. The SMILES string of the molecule is COC(=O)c1ccc([C@@H]2c3[nH]c4ccccc4c3C[C@H]3C(=O)N(Cc4ccccc4OC)CC(=O)N23)cc1. The van der Waals surface area contributed by atoms with Crippen LogP contribution in [0.4, 0.5) is 0 Å². The number of benzene rings is 3. The standard InChI is InChI=1S/C30H27N3O5/c1-37-25-10-6-3-7-20(25)16-32-17-26(34)33-24(29(32)35)15-22-21-8-4-5-9-23(21)31-27(22)28(33)18-11-13-19(14-12-18)30(36)38-2/h3-14,24,28,31H,15-17H2,1-2H3/t24-,28+/m0/s1. The second kappa shape index (κ2) is 9.37. The Labute approximate surface area is 219 Å². The summed E-state index contributed by atoms with van der Waals surface area (Å²) >= 11 is 0. The Morgan fingerprint density at radius 1 is 0.974 bits per heavy atom. The number of H-pyrrole nitrogens is 1. The van der Waals surface area contributed by atoms with Gasteiger partial charge in [-0.1, -0.05) is 48.5 Å². The van der Waals surface area contributed by atoms with E-state index in [2.05, 4.69) is 4.98 Å². The van der Waals surface area contributed by atoms with Crippen LogP contribution in [0.2, 0.25) is 0 Å². The van der Waals surface area contributed by atoms with Crippen LogP contribution in [-0.2, 0) is 27.3 Å². The van der Waals surface area contributed by atoms with Crippen molar-refractivity contribution < 1.29 is 23.9 Å². The lowest BCUT2D eigenvalue weighted by Crippen LogP contribution is -2.62. The van der Waals surface area contributed by atoms with Gasteiger partial charge in [0.05, 0.1) is 25.8 Å². The molecule has 2 atom stereocenters. The number of piperazine rings is 1. The average molecular weight is 510 g/mol. The maximum atomic E-state index is 14.0. The number of para-hydroxylation sites is 2. The van der Waals surface area contributed by atoms with Crippen LogP contribution in [0.25, 0.3) is 10.9 Å². The van der Waals surface area contributed by atoms with Gasteiger partial charge in [-0.15, -0.1) is 0 Å². The molecule has 0 bridgehead atoms. The number of hydrogen-bond donors (Lipinski definition) is 1. The number of aromatic amines is 1. The first kappa shape index (κ1) is 23.8. The lowest BCUT2D eigenvalue weighted by Gasteiger charge is -2.47. The molecular weight excluding hydrogens is 482 g/mol. The van der Waals surface area contributed by atoms with Crippen molar-refractivity contribution >= 4 is 28.7 Å². The summed E-state index contributed by atoms with van der Waals surface area (Å²) in [6, 6.07) is 21.4. The van der Waals surface area contributed by atoms with Gasteiger partial charge in [-0.2, -0.15) is 0 Å². The highest BCUT2D eigenvalue weighted by molar-refractivity contribution is 5.97. The summed E-state index contributed by atoms with van der Waals surface area (Å²) in [6.07, 6.45) is 0.420. The Hall–Kier alpha value is -4.59. The van der Waals surface area contributed by atoms with E-state index >= 15 is 0 Å². The van der Waals surface area contributed by atoms with E-state index in [0.717, 1.165) is 33.3 Å². The molecule has 38 heavy (non-hydrogen) atoms. The lowest BCUT2D eigenvalue weighted by atomic mass is 9.86. The van der Waals surface area contributed by atoms with Gasteiger partial charge in [-0.25, -0.2) is 4.79 Å². The van der Waals surface area contributed by atoms with Gasteiger partial charge < -0.3 is 24.3 Å². The van der Waals surface area contributed by atoms with Gasteiger partial charge >= 0.3 is 5.97 Å². The van der Waals surface area contributed by atoms with Gasteiger partial charge in [0.2, 0.25) is 11.8 Å².